The Kier molecular flexibility index (Phi) is 13.0. The summed E-state index contributed by atoms with van der Waals surface area (Å²) in [6, 6.07) is 3.94. The maximum atomic E-state index is 11.7. The summed E-state index contributed by atoms with van der Waals surface area (Å²) >= 11 is 0. The van der Waals surface area contributed by atoms with Gasteiger partial charge in [-0.25, -0.2) is 0 Å². The highest BCUT2D eigenvalue weighted by atomic mass is 16.2. The molecule has 1 aliphatic rings. The van der Waals surface area contributed by atoms with E-state index >= 15 is 0 Å². The third kappa shape index (κ3) is 12.2. The fraction of sp³-hybridized carbons (Fsp3) is 0.682. The Morgan fingerprint density at radius 1 is 0.963 bits per heavy atom. The monoisotopic (exact) mass is 375 g/mol. The molecule has 5 nitrogen and oxygen atoms in total. The number of rotatable bonds is 11. The van der Waals surface area contributed by atoms with Crippen molar-refractivity contribution in [3.8, 4) is 0 Å². The van der Waals surface area contributed by atoms with Crippen LogP contribution >= 0.6 is 0 Å². The second-order valence-electron chi connectivity index (χ2n) is 7.28. The van der Waals surface area contributed by atoms with E-state index in [9.17, 15) is 9.59 Å². The minimum atomic E-state index is -0.163. The SMILES string of the molecule is CCCCCCCCCC(N)=O.O=C(CCc1ccncc1)N1CCCC1. The number of aryl methyl sites for hydroxylation is 1. The van der Waals surface area contributed by atoms with Crippen molar-refractivity contribution in [2.24, 2.45) is 5.73 Å². The molecule has 0 aromatic carbocycles. The third-order valence-corrected chi connectivity index (χ3v) is 4.86. The first-order valence-electron chi connectivity index (χ1n) is 10.6. The van der Waals surface area contributed by atoms with E-state index in [1.165, 1.54) is 50.5 Å². The molecule has 1 saturated heterocycles. The van der Waals surface area contributed by atoms with Crippen LogP contribution in [0.5, 0.6) is 0 Å². The van der Waals surface area contributed by atoms with Crippen LogP contribution < -0.4 is 5.73 Å². The number of nitrogens with two attached hydrogens (primary N) is 1. The summed E-state index contributed by atoms with van der Waals surface area (Å²) in [5.41, 5.74) is 6.21. The van der Waals surface area contributed by atoms with Gasteiger partial charge in [0, 0.05) is 38.3 Å². The molecule has 0 aliphatic carbocycles. The zero-order chi connectivity index (χ0) is 19.7. The van der Waals surface area contributed by atoms with E-state index in [0.717, 1.165) is 32.4 Å². The lowest BCUT2D eigenvalue weighted by Gasteiger charge is -2.14. The number of nitrogens with zero attached hydrogens (tertiary/aromatic N) is 2. The molecule has 0 atom stereocenters. The van der Waals surface area contributed by atoms with Crippen molar-refractivity contribution in [1.29, 1.82) is 0 Å². The predicted molar refractivity (Wildman–Crippen MR) is 110 cm³/mol. The number of unbranched alkanes of at least 4 members (excludes halogenated alkanes) is 6. The van der Waals surface area contributed by atoms with E-state index in [1.54, 1.807) is 12.4 Å². The zero-order valence-electron chi connectivity index (χ0n) is 17.0. The average molecular weight is 376 g/mol. The van der Waals surface area contributed by atoms with Crippen LogP contribution in [0.15, 0.2) is 24.5 Å². The van der Waals surface area contributed by atoms with Crippen molar-refractivity contribution < 1.29 is 9.59 Å². The van der Waals surface area contributed by atoms with Gasteiger partial charge >= 0.3 is 0 Å². The van der Waals surface area contributed by atoms with Crippen molar-refractivity contribution in [2.75, 3.05) is 13.1 Å². The number of hydrogen-bond donors (Lipinski definition) is 1. The summed E-state index contributed by atoms with van der Waals surface area (Å²) in [7, 11) is 0. The van der Waals surface area contributed by atoms with Crippen molar-refractivity contribution >= 4 is 11.8 Å². The summed E-state index contributed by atoms with van der Waals surface area (Å²) in [4.78, 5) is 28.0. The molecule has 2 heterocycles. The minimum Gasteiger partial charge on any atom is -0.370 e. The lowest BCUT2D eigenvalue weighted by Crippen LogP contribution is -2.27. The van der Waals surface area contributed by atoms with Crippen molar-refractivity contribution in [3.05, 3.63) is 30.1 Å². The van der Waals surface area contributed by atoms with Crippen LogP contribution in [0.2, 0.25) is 0 Å². The highest BCUT2D eigenvalue weighted by Gasteiger charge is 2.17. The molecule has 2 rings (SSSR count). The van der Waals surface area contributed by atoms with Gasteiger partial charge in [-0.15, -0.1) is 0 Å². The molecule has 152 valence electrons. The maximum absolute atomic E-state index is 11.7. The van der Waals surface area contributed by atoms with Crippen LogP contribution in [0, 0.1) is 0 Å². The Hall–Kier alpha value is -1.91. The van der Waals surface area contributed by atoms with Gasteiger partial charge in [-0.3, -0.25) is 14.6 Å². The largest absolute Gasteiger partial charge is 0.370 e. The zero-order valence-corrected chi connectivity index (χ0v) is 17.0. The Bertz CT molecular complexity index is 514. The van der Waals surface area contributed by atoms with Crippen LogP contribution in [-0.4, -0.2) is 34.8 Å². The molecule has 1 aromatic heterocycles. The van der Waals surface area contributed by atoms with Gasteiger partial charge in [0.2, 0.25) is 11.8 Å². The average Bonchev–Trinajstić information content (AvgIpc) is 3.21. The Morgan fingerprint density at radius 3 is 2.15 bits per heavy atom. The molecule has 2 amide bonds. The molecule has 1 fully saturated rings. The van der Waals surface area contributed by atoms with Crippen molar-refractivity contribution in [2.45, 2.75) is 84.0 Å². The molecule has 0 unspecified atom stereocenters. The number of carbonyl (C=O) groups excluding carboxylic acids is 2. The van der Waals surface area contributed by atoms with Crippen LogP contribution in [-0.2, 0) is 16.0 Å². The second-order valence-corrected chi connectivity index (χ2v) is 7.28. The maximum Gasteiger partial charge on any atom is 0.222 e. The second kappa shape index (κ2) is 15.2. The molecule has 0 radical (unpaired) electrons. The first kappa shape index (κ1) is 23.1. The lowest BCUT2D eigenvalue weighted by molar-refractivity contribution is -0.130. The van der Waals surface area contributed by atoms with Crippen LogP contribution in [0.4, 0.5) is 0 Å². The molecule has 0 saturated carbocycles. The standard InChI is InChI=1S/C12H16N2O.C10H21NO/c15-12(14-9-1-2-10-14)4-3-11-5-7-13-8-6-11;1-2-3-4-5-6-7-8-9-10(11)12/h5-8H,1-4,9-10H2;2-9H2,1H3,(H2,11,12). The molecule has 1 aromatic rings. The Labute approximate surface area is 164 Å². The molecular formula is C22H37N3O2. The highest BCUT2D eigenvalue weighted by Crippen LogP contribution is 2.11. The summed E-state index contributed by atoms with van der Waals surface area (Å²) in [5, 5.41) is 0. The number of aromatic nitrogens is 1. The molecule has 5 heteroatoms. The van der Waals surface area contributed by atoms with Gasteiger partial charge in [-0.1, -0.05) is 45.4 Å². The van der Waals surface area contributed by atoms with E-state index in [1.807, 2.05) is 17.0 Å². The molecule has 0 spiro atoms. The highest BCUT2D eigenvalue weighted by molar-refractivity contribution is 5.76. The van der Waals surface area contributed by atoms with Crippen LogP contribution in [0.25, 0.3) is 0 Å². The fourth-order valence-electron chi connectivity index (χ4n) is 3.18. The number of hydrogen-bond acceptors (Lipinski definition) is 3. The van der Waals surface area contributed by atoms with Gasteiger partial charge in [-0.2, -0.15) is 0 Å². The Morgan fingerprint density at radius 2 is 1.56 bits per heavy atom. The van der Waals surface area contributed by atoms with E-state index in [4.69, 9.17) is 5.73 Å². The molecule has 1 aliphatic heterocycles. The van der Waals surface area contributed by atoms with Gasteiger partial charge in [0.15, 0.2) is 0 Å². The van der Waals surface area contributed by atoms with Crippen molar-refractivity contribution in [1.82, 2.24) is 9.88 Å². The van der Waals surface area contributed by atoms with E-state index in [2.05, 4.69) is 11.9 Å². The number of amides is 2. The van der Waals surface area contributed by atoms with Crippen LogP contribution in [0.1, 0.15) is 83.1 Å². The fourth-order valence-corrected chi connectivity index (χ4v) is 3.18. The van der Waals surface area contributed by atoms with Gasteiger partial charge in [0.05, 0.1) is 0 Å². The first-order chi connectivity index (χ1) is 13.1. The number of primary amides is 1. The van der Waals surface area contributed by atoms with Gasteiger partial charge in [0.1, 0.15) is 0 Å². The predicted octanol–water partition coefficient (Wildman–Crippen LogP) is 4.25. The number of pyridine rings is 1. The summed E-state index contributed by atoms with van der Waals surface area (Å²) in [6.07, 6.45) is 16.6. The molecular weight excluding hydrogens is 338 g/mol. The minimum absolute atomic E-state index is 0.163. The summed E-state index contributed by atoms with van der Waals surface area (Å²) in [5.74, 6) is 0.132. The number of carbonyl (C=O) groups is 2. The quantitative estimate of drug-likeness (QED) is 0.587. The van der Waals surface area contributed by atoms with E-state index in [-0.39, 0.29) is 5.91 Å². The van der Waals surface area contributed by atoms with E-state index < -0.39 is 0 Å². The smallest absolute Gasteiger partial charge is 0.222 e. The Balaban J connectivity index is 0.000000279. The molecule has 0 bridgehead atoms. The van der Waals surface area contributed by atoms with Gasteiger partial charge in [-0.05, 0) is 43.4 Å². The summed E-state index contributed by atoms with van der Waals surface area (Å²) in [6.45, 7) is 4.12. The third-order valence-electron chi connectivity index (χ3n) is 4.86. The summed E-state index contributed by atoms with van der Waals surface area (Å²) < 4.78 is 0. The molecule has 2 N–H and O–H groups in total. The first-order valence-corrected chi connectivity index (χ1v) is 10.6. The van der Waals surface area contributed by atoms with Gasteiger partial charge < -0.3 is 10.6 Å². The lowest BCUT2D eigenvalue weighted by atomic mass is 10.1. The normalized spacial score (nSPS) is 13.1. The number of likely N-dealkylation sites (tertiary alicyclic amines) is 1. The van der Waals surface area contributed by atoms with Gasteiger partial charge in [0.25, 0.3) is 0 Å². The van der Waals surface area contributed by atoms with Crippen molar-refractivity contribution in [3.63, 3.8) is 0 Å². The van der Waals surface area contributed by atoms with E-state index in [0.29, 0.717) is 18.7 Å². The van der Waals surface area contributed by atoms with Crippen LogP contribution in [0.3, 0.4) is 0 Å². The molecule has 27 heavy (non-hydrogen) atoms. The topological polar surface area (TPSA) is 76.3 Å².